The molecule has 0 aliphatic heterocycles. The van der Waals surface area contributed by atoms with Gasteiger partial charge in [0.05, 0.1) is 52.9 Å². The first-order chi connectivity index (χ1) is 40.2. The Hall–Kier alpha value is -7.34. The number of rotatable bonds is 49. The van der Waals surface area contributed by atoms with Crippen LogP contribution in [0.1, 0.15) is 111 Å². The third-order valence-corrected chi connectivity index (χ3v) is 11.2. The monoisotopic (exact) mass is 1200 g/mol. The van der Waals surface area contributed by atoms with Gasteiger partial charge in [0.15, 0.2) is 34.9 Å². The van der Waals surface area contributed by atoms with Crippen molar-refractivity contribution in [2.24, 2.45) is 44.4 Å². The highest BCUT2D eigenvalue weighted by atomic mass is 16.5. The topological polar surface area (TPSA) is 563 Å². The normalized spacial score (nSPS) is 12.2. The number of unbranched alkanes of at least 4 members (excludes halogenated alkanes) is 1. The molecule has 480 valence electrons. The number of carboxylic acids is 2. The number of aromatic nitrogens is 2. The third kappa shape index (κ3) is 39.2. The number of hydrogen-bond acceptors (Lipinski definition) is 22. The van der Waals surface area contributed by atoms with E-state index < -0.39 is 114 Å². The van der Waals surface area contributed by atoms with Crippen molar-refractivity contribution in [3.05, 3.63) is 11.4 Å². The molecule has 1 aromatic rings. The molecule has 34 nitrogen and oxygen atoms in total. The van der Waals surface area contributed by atoms with Crippen molar-refractivity contribution in [3.63, 3.8) is 0 Å². The maximum atomic E-state index is 13.7. The largest absolute Gasteiger partial charge is 0.481 e. The van der Waals surface area contributed by atoms with Crippen molar-refractivity contribution in [1.82, 2.24) is 41.9 Å². The quantitative estimate of drug-likeness (QED) is 0.0166. The minimum absolute atomic E-state index is 0.0127. The van der Waals surface area contributed by atoms with E-state index in [9.17, 15) is 48.6 Å². The van der Waals surface area contributed by atoms with Gasteiger partial charge in [0, 0.05) is 66.0 Å². The van der Waals surface area contributed by atoms with Crippen LogP contribution in [-0.2, 0) is 57.2 Å². The number of nitrogens with one attached hydrogen (secondary N) is 6. The maximum absolute atomic E-state index is 13.7. The second kappa shape index (κ2) is 49.1. The Kier molecular flexibility index (Phi) is 44.8. The lowest BCUT2D eigenvalue weighted by atomic mass is 10.1. The minimum atomic E-state index is -1.56. The summed E-state index contributed by atoms with van der Waals surface area (Å²) >= 11 is 0. The number of carbonyl (C=O) groups excluding carboxylic acids is 6. The lowest BCUT2D eigenvalue weighted by Crippen LogP contribution is -2.54. The Balaban J connectivity index is 0.00000399. The SMILES string of the molecule is CCCCOCCOCCOCCCN.CNC(=O)[C@H](CCCN=C(N)N)NC(=O)[C@H](CCC(=O)O)NC(=O)c1nc(N)c(C(=O)N[C@@H](CCCN=C(N)N)C(=O)N[C@@H](CCC(=O)O)C(=O)NCCCOCCOCCOCCCN)nc1N. The van der Waals surface area contributed by atoms with E-state index in [0.717, 1.165) is 32.5 Å². The van der Waals surface area contributed by atoms with E-state index in [1.807, 2.05) is 0 Å². The summed E-state index contributed by atoms with van der Waals surface area (Å²) in [5, 5.41) is 33.4. The van der Waals surface area contributed by atoms with E-state index in [1.165, 1.54) is 13.5 Å². The van der Waals surface area contributed by atoms with Crippen LogP contribution in [-0.4, -0.2) is 223 Å². The van der Waals surface area contributed by atoms with Crippen molar-refractivity contribution < 1.29 is 77.0 Å². The summed E-state index contributed by atoms with van der Waals surface area (Å²) in [6.45, 7) is 10.1. The van der Waals surface area contributed by atoms with Gasteiger partial charge in [-0.25, -0.2) is 9.97 Å². The number of aliphatic imine (C=N–C) groups is 2. The summed E-state index contributed by atoms with van der Waals surface area (Å²) in [6.07, 6.45) is 2.76. The Morgan fingerprint density at radius 2 is 0.821 bits per heavy atom. The molecule has 0 aromatic carbocycles. The van der Waals surface area contributed by atoms with Gasteiger partial charge in [0.1, 0.15) is 24.2 Å². The van der Waals surface area contributed by atoms with Crippen molar-refractivity contribution in [2.45, 2.75) is 115 Å². The molecule has 0 radical (unpaired) electrons. The molecule has 0 fully saturated rings. The number of aliphatic carboxylic acids is 2. The number of guanidine groups is 2. The second-order valence-corrected chi connectivity index (χ2v) is 18.2. The summed E-state index contributed by atoms with van der Waals surface area (Å²) in [7, 11) is 1.33. The van der Waals surface area contributed by atoms with Crippen LogP contribution in [0.3, 0.4) is 0 Å². The number of carbonyl (C=O) groups is 8. The number of ether oxygens (including phenoxy) is 6. The van der Waals surface area contributed by atoms with Crippen LogP contribution in [0.15, 0.2) is 9.98 Å². The molecule has 4 atom stereocenters. The average Bonchev–Trinajstić information content (AvgIpc) is 3.45. The number of likely N-dealkylation sites (N-methyl/N-ethyl adjacent to an activating group) is 1. The van der Waals surface area contributed by atoms with E-state index in [1.54, 1.807) is 0 Å². The van der Waals surface area contributed by atoms with Gasteiger partial charge in [-0.1, -0.05) is 13.3 Å². The van der Waals surface area contributed by atoms with Crippen LogP contribution >= 0.6 is 0 Å². The van der Waals surface area contributed by atoms with Crippen LogP contribution in [0.4, 0.5) is 11.6 Å². The molecule has 24 N–H and O–H groups in total. The molecule has 0 spiro atoms. The predicted molar refractivity (Wildman–Crippen MR) is 310 cm³/mol. The minimum Gasteiger partial charge on any atom is -0.481 e. The molecule has 1 aromatic heterocycles. The number of nitrogens with two attached hydrogens (primary N) is 8. The fourth-order valence-corrected chi connectivity index (χ4v) is 6.80. The Morgan fingerprint density at radius 3 is 1.18 bits per heavy atom. The molecule has 0 aliphatic carbocycles. The first kappa shape index (κ1) is 76.7. The van der Waals surface area contributed by atoms with Gasteiger partial charge >= 0.3 is 11.9 Å². The molecule has 0 bridgehead atoms. The van der Waals surface area contributed by atoms with Crippen LogP contribution in [0, 0.1) is 0 Å². The average molecular weight is 1200 g/mol. The number of carboxylic acid groups (broad SMARTS) is 2. The molecule has 34 heteroatoms. The van der Waals surface area contributed by atoms with Crippen LogP contribution < -0.4 is 77.8 Å². The van der Waals surface area contributed by atoms with Crippen molar-refractivity contribution in [1.29, 1.82) is 0 Å². The summed E-state index contributed by atoms with van der Waals surface area (Å²) in [5.41, 5.74) is 43.0. The standard InChI is InChI=1S/C39H69N17O13.C11H25NO3/c1-47-32(61)22(6-2-13-49-38(43)44)51-35(64)25(9-11-27(59)60)54-37(66)29-31(42)55-28(30(41)56-29)36(65)53-23(7-3-14-50-39(45)46)34(63)52-24(8-10-26(57)58)33(62)48-15-5-17-68-19-21-69-20-18-67-16-4-12-40;1-2-3-6-13-8-10-15-11-9-14-7-4-5-12/h22-25H,2-21,40H2,1H3,(H2,41,56)(H2,42,55)(H,47,61)(H,48,62)(H,51,64)(H,52,63)(H,53,65)(H,54,66)(H,57,58)(H,59,60)(H4,43,44,49)(H4,45,46,50);2-12H2,1H3/t22-,23-,24-,25-;/m0./s1. The van der Waals surface area contributed by atoms with Crippen LogP contribution in [0.25, 0.3) is 0 Å². The molecular formula is C50H94N18O16. The Bertz CT molecular complexity index is 2130. The zero-order valence-corrected chi connectivity index (χ0v) is 48.5. The van der Waals surface area contributed by atoms with Gasteiger partial charge in [0.2, 0.25) is 23.6 Å². The number of hydrogen-bond donors (Lipinski definition) is 16. The summed E-state index contributed by atoms with van der Waals surface area (Å²) < 4.78 is 32.2. The number of amides is 6. The zero-order valence-electron chi connectivity index (χ0n) is 48.5. The number of anilines is 2. The van der Waals surface area contributed by atoms with Gasteiger partial charge in [-0.2, -0.15) is 0 Å². The molecule has 0 aliphatic rings. The lowest BCUT2D eigenvalue weighted by Gasteiger charge is -2.23. The fourth-order valence-electron chi connectivity index (χ4n) is 6.80. The molecule has 6 amide bonds. The van der Waals surface area contributed by atoms with Crippen LogP contribution in [0.2, 0.25) is 0 Å². The molecule has 0 saturated heterocycles. The Morgan fingerprint density at radius 1 is 0.476 bits per heavy atom. The molecule has 84 heavy (non-hydrogen) atoms. The number of nitrogen functional groups attached to an aromatic ring is 2. The molecule has 1 heterocycles. The molecular weight excluding hydrogens is 1110 g/mol. The highest BCUT2D eigenvalue weighted by molar-refractivity contribution is 6.03. The molecule has 1 rings (SSSR count). The van der Waals surface area contributed by atoms with Gasteiger partial charge in [0.25, 0.3) is 11.8 Å². The Labute approximate surface area is 489 Å². The summed E-state index contributed by atoms with van der Waals surface area (Å²) in [5.74, 6) is -9.78. The highest BCUT2D eigenvalue weighted by Crippen LogP contribution is 2.15. The van der Waals surface area contributed by atoms with Crippen molar-refractivity contribution in [3.8, 4) is 0 Å². The van der Waals surface area contributed by atoms with Gasteiger partial charge in [-0.15, -0.1) is 0 Å². The van der Waals surface area contributed by atoms with E-state index in [2.05, 4.69) is 58.8 Å². The summed E-state index contributed by atoms with van der Waals surface area (Å²) in [4.78, 5) is 118. The van der Waals surface area contributed by atoms with E-state index in [4.69, 9.17) is 74.3 Å². The van der Waals surface area contributed by atoms with Crippen LogP contribution in [0.5, 0.6) is 0 Å². The van der Waals surface area contributed by atoms with E-state index in [0.29, 0.717) is 79.0 Å². The zero-order chi connectivity index (χ0) is 62.9. The smallest absolute Gasteiger partial charge is 0.303 e. The van der Waals surface area contributed by atoms with E-state index in [-0.39, 0.29) is 70.3 Å². The molecule has 0 saturated carbocycles. The van der Waals surface area contributed by atoms with Crippen molar-refractivity contribution in [2.75, 3.05) is 131 Å². The highest BCUT2D eigenvalue weighted by Gasteiger charge is 2.31. The van der Waals surface area contributed by atoms with Crippen molar-refractivity contribution >= 4 is 70.9 Å². The maximum Gasteiger partial charge on any atom is 0.303 e. The first-order valence-corrected chi connectivity index (χ1v) is 27.8. The molecule has 0 unspecified atom stereocenters. The number of nitrogens with zero attached hydrogens (tertiary/aromatic N) is 4. The summed E-state index contributed by atoms with van der Waals surface area (Å²) in [6, 6.07) is -5.50. The predicted octanol–water partition coefficient (Wildman–Crippen LogP) is -4.52. The van der Waals surface area contributed by atoms with Gasteiger partial charge in [-0.05, 0) is 77.3 Å². The first-order valence-electron chi connectivity index (χ1n) is 27.8. The van der Waals surface area contributed by atoms with Gasteiger partial charge in [-0.3, -0.25) is 48.3 Å². The second-order valence-electron chi connectivity index (χ2n) is 18.2. The lowest BCUT2D eigenvalue weighted by molar-refractivity contribution is -0.138. The van der Waals surface area contributed by atoms with E-state index >= 15 is 0 Å². The fraction of sp³-hybridized carbons (Fsp3) is 0.720. The third-order valence-electron chi connectivity index (χ3n) is 11.2. The van der Waals surface area contributed by atoms with Gasteiger partial charge < -0.3 is 116 Å².